The van der Waals surface area contributed by atoms with Gasteiger partial charge in [-0.3, -0.25) is 0 Å². The topological polar surface area (TPSA) is 87.5 Å². The standard InChI is InChI=1S/C36H39FN4O4S/c1-4-43-31-20-26(17-18-30(31)44-21-25-12-10-11-23(2)19-25)33-32(34(42)45-28-14-6-5-7-15-28)24(3)38-35-39-36(40-41(33)35)46-22-27-13-8-9-16-29(27)37/h8-13,16-20,28,33H,4-7,14-15,21-22H2,1-3H3,(H,38,39,40). The van der Waals surface area contributed by atoms with Gasteiger partial charge >= 0.3 is 5.97 Å². The molecule has 2 heterocycles. The fraction of sp³-hybridized carbons (Fsp3) is 0.361. The summed E-state index contributed by atoms with van der Waals surface area (Å²) in [6.45, 7) is 6.66. The number of aromatic nitrogens is 3. The molecule has 10 heteroatoms. The number of esters is 1. The van der Waals surface area contributed by atoms with Crippen LogP contribution >= 0.6 is 11.8 Å². The van der Waals surface area contributed by atoms with Gasteiger partial charge in [0.2, 0.25) is 11.1 Å². The molecule has 8 nitrogen and oxygen atoms in total. The number of aryl methyl sites for hydroxylation is 1. The van der Waals surface area contributed by atoms with Crippen molar-refractivity contribution in [3.05, 3.63) is 106 Å². The zero-order chi connectivity index (χ0) is 32.0. The predicted octanol–water partition coefficient (Wildman–Crippen LogP) is 8.16. The molecule has 4 aromatic rings. The average Bonchev–Trinajstić information content (AvgIpc) is 3.46. The number of fused-ring (bicyclic) bond motifs is 1. The van der Waals surface area contributed by atoms with E-state index in [-0.39, 0.29) is 17.9 Å². The van der Waals surface area contributed by atoms with E-state index >= 15 is 0 Å². The molecule has 2 aliphatic rings. The molecule has 0 spiro atoms. The first-order chi connectivity index (χ1) is 22.4. The van der Waals surface area contributed by atoms with Gasteiger partial charge in [-0.05, 0) is 81.3 Å². The lowest BCUT2D eigenvalue weighted by molar-refractivity contribution is -0.146. The molecule has 1 aliphatic heterocycles. The largest absolute Gasteiger partial charge is 0.490 e. The lowest BCUT2D eigenvalue weighted by Gasteiger charge is -2.30. The van der Waals surface area contributed by atoms with Crippen molar-refractivity contribution < 1.29 is 23.4 Å². The summed E-state index contributed by atoms with van der Waals surface area (Å²) in [6, 6.07) is 20.0. The molecular weight excluding hydrogens is 603 g/mol. The summed E-state index contributed by atoms with van der Waals surface area (Å²) in [5, 5.41) is 8.56. The third-order valence-corrected chi connectivity index (χ3v) is 9.14. The van der Waals surface area contributed by atoms with Crippen molar-refractivity contribution in [2.45, 2.75) is 82.5 Å². The minimum Gasteiger partial charge on any atom is -0.490 e. The molecule has 0 bridgehead atoms. The number of benzene rings is 3. The Balaban J connectivity index is 1.33. The van der Waals surface area contributed by atoms with Gasteiger partial charge in [0.25, 0.3) is 0 Å². The first-order valence-corrected chi connectivity index (χ1v) is 16.8. The fourth-order valence-corrected chi connectivity index (χ4v) is 6.78. The minimum absolute atomic E-state index is 0.109. The molecular formula is C36H39FN4O4S. The molecule has 46 heavy (non-hydrogen) atoms. The molecule has 1 unspecified atom stereocenters. The second kappa shape index (κ2) is 14.4. The number of anilines is 1. The molecule has 1 fully saturated rings. The molecule has 1 atom stereocenters. The van der Waals surface area contributed by atoms with Gasteiger partial charge in [0.05, 0.1) is 12.2 Å². The minimum atomic E-state index is -0.632. The summed E-state index contributed by atoms with van der Waals surface area (Å²) in [5.41, 5.74) is 4.68. The third kappa shape index (κ3) is 7.22. The van der Waals surface area contributed by atoms with Crippen molar-refractivity contribution in [1.29, 1.82) is 0 Å². The van der Waals surface area contributed by atoms with Gasteiger partial charge in [-0.2, -0.15) is 4.98 Å². The third-order valence-electron chi connectivity index (χ3n) is 8.25. The van der Waals surface area contributed by atoms with Gasteiger partial charge in [-0.1, -0.05) is 72.3 Å². The maximum Gasteiger partial charge on any atom is 0.338 e. The lowest BCUT2D eigenvalue weighted by Crippen LogP contribution is -2.32. The van der Waals surface area contributed by atoms with E-state index in [1.54, 1.807) is 16.8 Å². The highest BCUT2D eigenvalue weighted by Crippen LogP contribution is 2.41. The van der Waals surface area contributed by atoms with Gasteiger partial charge in [0, 0.05) is 11.4 Å². The predicted molar refractivity (Wildman–Crippen MR) is 177 cm³/mol. The summed E-state index contributed by atoms with van der Waals surface area (Å²) >= 11 is 1.33. The Morgan fingerprint density at radius 2 is 1.83 bits per heavy atom. The number of carbonyl (C=O) groups excluding carboxylic acids is 1. The molecule has 3 aromatic carbocycles. The normalized spacial score (nSPS) is 16.5. The van der Waals surface area contributed by atoms with Gasteiger partial charge in [0.15, 0.2) is 11.5 Å². The van der Waals surface area contributed by atoms with Crippen LogP contribution in [0.3, 0.4) is 0 Å². The quantitative estimate of drug-likeness (QED) is 0.130. The first kappa shape index (κ1) is 31.7. The first-order valence-electron chi connectivity index (χ1n) is 15.9. The molecule has 0 saturated heterocycles. The number of nitrogens with zero attached hydrogens (tertiary/aromatic N) is 3. The smallest absolute Gasteiger partial charge is 0.338 e. The van der Waals surface area contributed by atoms with Gasteiger partial charge in [-0.15, -0.1) is 5.10 Å². The van der Waals surface area contributed by atoms with Crippen molar-refractivity contribution in [3.63, 3.8) is 0 Å². The van der Waals surface area contributed by atoms with Crippen molar-refractivity contribution in [2.75, 3.05) is 11.9 Å². The Labute approximate surface area is 273 Å². The Morgan fingerprint density at radius 1 is 1.00 bits per heavy atom. The molecule has 0 amide bonds. The number of rotatable bonds is 11. The number of carbonyl (C=O) groups is 1. The number of allylic oxidation sites excluding steroid dienone is 1. The van der Waals surface area contributed by atoms with E-state index in [0.29, 0.717) is 58.4 Å². The lowest BCUT2D eigenvalue weighted by atomic mass is 9.94. The van der Waals surface area contributed by atoms with E-state index < -0.39 is 6.04 Å². The van der Waals surface area contributed by atoms with E-state index in [4.69, 9.17) is 24.3 Å². The van der Waals surface area contributed by atoms with Crippen LogP contribution in [0.1, 0.15) is 74.2 Å². The van der Waals surface area contributed by atoms with Crippen LogP contribution in [0, 0.1) is 12.7 Å². The fourth-order valence-electron chi connectivity index (χ4n) is 5.97. The maximum absolute atomic E-state index is 14.3. The SMILES string of the molecule is CCOc1cc(C2C(C(=O)OC3CCCCC3)=C(C)Nc3nc(SCc4ccccc4F)nn32)ccc1OCc1cccc(C)c1. The van der Waals surface area contributed by atoms with E-state index in [0.717, 1.165) is 48.8 Å². The second-order valence-corrected chi connectivity index (χ2v) is 12.6. The van der Waals surface area contributed by atoms with Gasteiger partial charge in [0.1, 0.15) is 24.6 Å². The summed E-state index contributed by atoms with van der Waals surface area (Å²) in [5.74, 6) is 1.39. The summed E-state index contributed by atoms with van der Waals surface area (Å²) in [4.78, 5) is 18.6. The van der Waals surface area contributed by atoms with Crippen LogP contribution in [0.5, 0.6) is 11.5 Å². The van der Waals surface area contributed by atoms with Crippen LogP contribution in [0.25, 0.3) is 0 Å². The monoisotopic (exact) mass is 642 g/mol. The number of hydrogen-bond donors (Lipinski definition) is 1. The number of ether oxygens (including phenoxy) is 3. The summed E-state index contributed by atoms with van der Waals surface area (Å²) in [6.07, 6.45) is 4.88. The van der Waals surface area contributed by atoms with Crippen molar-refractivity contribution in [3.8, 4) is 11.5 Å². The zero-order valence-corrected chi connectivity index (χ0v) is 27.2. The number of thioether (sulfide) groups is 1. The molecule has 1 N–H and O–H groups in total. The Morgan fingerprint density at radius 3 is 2.61 bits per heavy atom. The van der Waals surface area contributed by atoms with Gasteiger partial charge < -0.3 is 19.5 Å². The van der Waals surface area contributed by atoms with Crippen LogP contribution in [0.15, 0.2) is 83.2 Å². The highest BCUT2D eigenvalue weighted by atomic mass is 32.2. The maximum atomic E-state index is 14.3. The van der Waals surface area contributed by atoms with Crippen LogP contribution in [-0.4, -0.2) is 33.4 Å². The Bertz CT molecular complexity index is 1730. The van der Waals surface area contributed by atoms with E-state index in [9.17, 15) is 9.18 Å². The van der Waals surface area contributed by atoms with Crippen LogP contribution < -0.4 is 14.8 Å². The van der Waals surface area contributed by atoms with E-state index in [1.807, 2.05) is 50.2 Å². The number of halogens is 1. The Hall–Kier alpha value is -4.31. The summed E-state index contributed by atoms with van der Waals surface area (Å²) < 4.78 is 34.4. The van der Waals surface area contributed by atoms with E-state index in [1.165, 1.54) is 17.8 Å². The van der Waals surface area contributed by atoms with Crippen LogP contribution in [-0.2, 0) is 21.9 Å². The summed E-state index contributed by atoms with van der Waals surface area (Å²) in [7, 11) is 0. The number of nitrogens with one attached hydrogen (secondary N) is 1. The molecule has 1 saturated carbocycles. The van der Waals surface area contributed by atoms with Crippen molar-refractivity contribution in [1.82, 2.24) is 14.8 Å². The molecule has 1 aliphatic carbocycles. The van der Waals surface area contributed by atoms with E-state index in [2.05, 4.69) is 24.4 Å². The Kier molecular flexibility index (Phi) is 9.92. The highest BCUT2D eigenvalue weighted by molar-refractivity contribution is 7.98. The van der Waals surface area contributed by atoms with Crippen LogP contribution in [0.2, 0.25) is 0 Å². The molecule has 1 aromatic heterocycles. The van der Waals surface area contributed by atoms with Crippen molar-refractivity contribution in [2.24, 2.45) is 0 Å². The molecule has 240 valence electrons. The molecule has 6 rings (SSSR count). The second-order valence-electron chi connectivity index (χ2n) is 11.7. The van der Waals surface area contributed by atoms with Crippen LogP contribution in [0.4, 0.5) is 10.3 Å². The highest BCUT2D eigenvalue weighted by Gasteiger charge is 2.37. The average molecular weight is 643 g/mol. The van der Waals surface area contributed by atoms with Gasteiger partial charge in [-0.25, -0.2) is 13.9 Å². The zero-order valence-electron chi connectivity index (χ0n) is 26.4. The molecule has 0 radical (unpaired) electrons. The van der Waals surface area contributed by atoms with Crippen molar-refractivity contribution >= 4 is 23.7 Å². The number of hydrogen-bond acceptors (Lipinski definition) is 8.